The normalized spacial score (nSPS) is 11.6. The number of H-pyrrole nitrogens is 1. The second kappa shape index (κ2) is 7.40. The fourth-order valence-electron chi connectivity index (χ4n) is 2.90. The number of aromatic carboxylic acids is 1. The Bertz CT molecular complexity index is 1330. The van der Waals surface area contributed by atoms with Crippen LogP contribution in [0.5, 0.6) is 0 Å². The summed E-state index contributed by atoms with van der Waals surface area (Å²) in [6, 6.07) is 6.15. The van der Waals surface area contributed by atoms with E-state index in [0.29, 0.717) is 16.1 Å². The molecule has 0 spiro atoms. The molecule has 0 fully saturated rings. The van der Waals surface area contributed by atoms with Crippen LogP contribution in [0.1, 0.15) is 26.5 Å². The van der Waals surface area contributed by atoms with Crippen molar-refractivity contribution < 1.29 is 27.9 Å². The number of rotatable bonds is 4. The molecule has 0 radical (unpaired) electrons. The predicted molar refractivity (Wildman–Crippen MR) is 102 cm³/mol. The maximum Gasteiger partial charge on any atom is 0.435 e. The lowest BCUT2D eigenvalue weighted by atomic mass is 10.1. The van der Waals surface area contributed by atoms with Crippen molar-refractivity contribution in [2.75, 3.05) is 5.32 Å². The summed E-state index contributed by atoms with van der Waals surface area (Å²) in [4.78, 5) is 28.5. The molecule has 0 saturated heterocycles. The number of amides is 1. The van der Waals surface area contributed by atoms with Crippen LogP contribution >= 0.6 is 11.6 Å². The molecule has 9 nitrogen and oxygen atoms in total. The van der Waals surface area contributed by atoms with Gasteiger partial charge in [0.15, 0.2) is 11.5 Å². The number of carbonyl (C=O) groups excluding carboxylic acids is 1. The largest absolute Gasteiger partial charge is 0.478 e. The highest BCUT2D eigenvalue weighted by atomic mass is 35.5. The van der Waals surface area contributed by atoms with E-state index < -0.39 is 29.4 Å². The number of aromatic amines is 1. The first-order valence-electron chi connectivity index (χ1n) is 8.45. The van der Waals surface area contributed by atoms with Crippen LogP contribution in [0.2, 0.25) is 5.02 Å². The van der Waals surface area contributed by atoms with Gasteiger partial charge >= 0.3 is 12.1 Å². The van der Waals surface area contributed by atoms with Gasteiger partial charge < -0.3 is 10.4 Å². The number of anilines is 1. The summed E-state index contributed by atoms with van der Waals surface area (Å²) in [5.41, 5.74) is -2.21. The number of benzene rings is 1. The number of pyridine rings is 1. The molecule has 158 valence electrons. The lowest BCUT2D eigenvalue weighted by molar-refractivity contribution is -0.141. The van der Waals surface area contributed by atoms with Gasteiger partial charge in [0.25, 0.3) is 5.91 Å². The number of carboxylic acids is 1. The Balaban J connectivity index is 1.82. The number of fused-ring (bicyclic) bond motifs is 1. The Morgan fingerprint density at radius 3 is 2.68 bits per heavy atom. The standard InChI is InChI=1S/C18H10ClF3N6O3/c19-9-2-1-5-23-15(9)28-11(6-12(27-28)18(20,21)22)16(29)25-10-4-3-8-7-24-26-14(8)13(10)17(30)31/h1-7H,(H,24,26)(H,25,29)(H,30,31). The molecule has 13 heteroatoms. The molecular formula is C18H10ClF3N6O3. The van der Waals surface area contributed by atoms with Gasteiger partial charge in [0.05, 0.1) is 22.4 Å². The van der Waals surface area contributed by atoms with Gasteiger partial charge in [-0.2, -0.15) is 23.4 Å². The number of nitrogens with zero attached hydrogens (tertiary/aromatic N) is 4. The Kier molecular flexibility index (Phi) is 4.85. The van der Waals surface area contributed by atoms with E-state index in [1.54, 1.807) is 0 Å². The molecule has 0 atom stereocenters. The zero-order valence-corrected chi connectivity index (χ0v) is 15.9. The van der Waals surface area contributed by atoms with Crippen molar-refractivity contribution in [3.63, 3.8) is 0 Å². The van der Waals surface area contributed by atoms with Gasteiger partial charge in [0.1, 0.15) is 11.3 Å². The molecule has 4 rings (SSSR count). The lowest BCUT2D eigenvalue weighted by Gasteiger charge is -2.11. The summed E-state index contributed by atoms with van der Waals surface area (Å²) in [6.45, 7) is 0. The van der Waals surface area contributed by atoms with E-state index in [1.165, 1.54) is 36.7 Å². The molecule has 4 aromatic rings. The minimum absolute atomic E-state index is 0.0431. The topological polar surface area (TPSA) is 126 Å². The Morgan fingerprint density at radius 2 is 2.00 bits per heavy atom. The van der Waals surface area contributed by atoms with E-state index in [4.69, 9.17) is 11.6 Å². The highest BCUT2D eigenvalue weighted by molar-refractivity contribution is 6.32. The van der Waals surface area contributed by atoms with E-state index in [1.807, 2.05) is 0 Å². The number of nitrogens with one attached hydrogen (secondary N) is 2. The number of hydrogen-bond acceptors (Lipinski definition) is 5. The van der Waals surface area contributed by atoms with Crippen molar-refractivity contribution in [3.05, 3.63) is 64.7 Å². The zero-order chi connectivity index (χ0) is 22.3. The van der Waals surface area contributed by atoms with Crippen LogP contribution in [0.3, 0.4) is 0 Å². The second-order valence-electron chi connectivity index (χ2n) is 6.21. The van der Waals surface area contributed by atoms with Gasteiger partial charge in [-0.15, -0.1) is 0 Å². The van der Waals surface area contributed by atoms with Crippen molar-refractivity contribution >= 4 is 40.1 Å². The zero-order valence-electron chi connectivity index (χ0n) is 15.1. The minimum atomic E-state index is -4.84. The van der Waals surface area contributed by atoms with Crippen molar-refractivity contribution in [2.45, 2.75) is 6.18 Å². The quantitative estimate of drug-likeness (QED) is 0.434. The van der Waals surface area contributed by atoms with Crippen LogP contribution < -0.4 is 5.32 Å². The fourth-order valence-corrected chi connectivity index (χ4v) is 3.10. The van der Waals surface area contributed by atoms with Crippen molar-refractivity contribution in [1.82, 2.24) is 25.0 Å². The molecule has 0 saturated carbocycles. The Morgan fingerprint density at radius 1 is 1.23 bits per heavy atom. The van der Waals surface area contributed by atoms with Gasteiger partial charge in [0, 0.05) is 17.6 Å². The van der Waals surface area contributed by atoms with Crippen LogP contribution in [-0.4, -0.2) is 41.9 Å². The summed E-state index contributed by atoms with van der Waals surface area (Å²) < 4.78 is 40.4. The van der Waals surface area contributed by atoms with Gasteiger partial charge in [-0.25, -0.2) is 14.5 Å². The van der Waals surface area contributed by atoms with Crippen LogP contribution in [0.4, 0.5) is 18.9 Å². The number of carbonyl (C=O) groups is 2. The number of carboxylic acid groups (broad SMARTS) is 1. The summed E-state index contributed by atoms with van der Waals surface area (Å²) in [7, 11) is 0. The molecule has 31 heavy (non-hydrogen) atoms. The molecule has 3 heterocycles. The lowest BCUT2D eigenvalue weighted by Crippen LogP contribution is -2.19. The number of halogens is 4. The van der Waals surface area contributed by atoms with Crippen molar-refractivity contribution in [1.29, 1.82) is 0 Å². The Labute approximate surface area is 175 Å². The summed E-state index contributed by atoms with van der Waals surface area (Å²) in [6.07, 6.45) is -2.18. The van der Waals surface area contributed by atoms with Crippen LogP contribution in [-0.2, 0) is 6.18 Å². The molecule has 0 aliphatic carbocycles. The summed E-state index contributed by atoms with van der Waals surface area (Å²) in [5, 5.41) is 22.0. The van der Waals surface area contributed by atoms with Crippen LogP contribution in [0.25, 0.3) is 16.7 Å². The molecule has 0 unspecified atom stereocenters. The van der Waals surface area contributed by atoms with E-state index in [2.05, 4.69) is 25.6 Å². The number of hydrogen-bond donors (Lipinski definition) is 3. The van der Waals surface area contributed by atoms with E-state index in [-0.39, 0.29) is 27.6 Å². The summed E-state index contributed by atoms with van der Waals surface area (Å²) in [5.74, 6) is -2.62. The average molecular weight is 451 g/mol. The molecular weight excluding hydrogens is 441 g/mol. The predicted octanol–water partition coefficient (Wildman–Crippen LogP) is 3.77. The van der Waals surface area contributed by atoms with Gasteiger partial charge in [-0.3, -0.25) is 9.89 Å². The SMILES string of the molecule is O=C(O)c1c(NC(=O)c2cc(C(F)(F)F)nn2-c2ncccc2Cl)ccc2cn[nH]c12. The average Bonchev–Trinajstić information content (AvgIpc) is 3.34. The van der Waals surface area contributed by atoms with Gasteiger partial charge in [0.2, 0.25) is 0 Å². The molecule has 1 amide bonds. The third kappa shape index (κ3) is 3.68. The highest BCUT2D eigenvalue weighted by Crippen LogP contribution is 2.31. The first-order chi connectivity index (χ1) is 14.7. The van der Waals surface area contributed by atoms with Crippen molar-refractivity contribution in [3.8, 4) is 5.82 Å². The molecule has 0 aliphatic rings. The van der Waals surface area contributed by atoms with Gasteiger partial charge in [-0.1, -0.05) is 11.6 Å². The van der Waals surface area contributed by atoms with Gasteiger partial charge in [-0.05, 0) is 24.3 Å². The van der Waals surface area contributed by atoms with E-state index in [0.717, 1.165) is 0 Å². The second-order valence-corrected chi connectivity index (χ2v) is 6.62. The monoisotopic (exact) mass is 450 g/mol. The first-order valence-corrected chi connectivity index (χ1v) is 8.83. The van der Waals surface area contributed by atoms with Crippen LogP contribution in [0, 0.1) is 0 Å². The maximum absolute atomic E-state index is 13.2. The number of alkyl halides is 3. The smallest absolute Gasteiger partial charge is 0.435 e. The van der Waals surface area contributed by atoms with E-state index >= 15 is 0 Å². The minimum Gasteiger partial charge on any atom is -0.478 e. The Hall–Kier alpha value is -3.93. The highest BCUT2D eigenvalue weighted by Gasteiger charge is 2.36. The maximum atomic E-state index is 13.2. The molecule has 3 aromatic heterocycles. The molecule has 3 N–H and O–H groups in total. The number of aromatic nitrogens is 5. The first kappa shape index (κ1) is 20.3. The molecule has 0 aliphatic heterocycles. The summed E-state index contributed by atoms with van der Waals surface area (Å²) >= 11 is 6.01. The van der Waals surface area contributed by atoms with Crippen LogP contribution in [0.15, 0.2) is 42.7 Å². The third-order valence-electron chi connectivity index (χ3n) is 4.25. The molecule has 0 bridgehead atoms. The van der Waals surface area contributed by atoms with E-state index in [9.17, 15) is 27.9 Å². The van der Waals surface area contributed by atoms with Crippen molar-refractivity contribution in [2.24, 2.45) is 0 Å². The molecule has 1 aromatic carbocycles. The third-order valence-corrected chi connectivity index (χ3v) is 4.55. The fraction of sp³-hybridized carbons (Fsp3) is 0.0556.